The molecule has 0 bridgehead atoms. The molecule has 56 valence electrons. The summed E-state index contributed by atoms with van der Waals surface area (Å²) < 4.78 is 0. The first kappa shape index (κ1) is 6.56. The number of rotatable bonds is 0. The molecular weight excluding hydrogens is 138 g/mol. The van der Waals surface area contributed by atoms with Gasteiger partial charge in [-0.1, -0.05) is 13.8 Å². The molecule has 1 saturated carbocycles. The topological polar surface area (TPSA) is 29.4 Å². The summed E-state index contributed by atoms with van der Waals surface area (Å²) in [4.78, 5) is 15.1. The molecule has 0 atom stereocenters. The van der Waals surface area contributed by atoms with Crippen molar-refractivity contribution < 1.29 is 4.79 Å². The van der Waals surface area contributed by atoms with Crippen LogP contribution >= 0.6 is 0 Å². The molecule has 0 N–H and O–H groups in total. The Morgan fingerprint density at radius 1 is 1.64 bits per heavy atom. The molecule has 0 unspecified atom stereocenters. The second-order valence-corrected chi connectivity index (χ2v) is 3.64. The Labute approximate surface area is 65.3 Å². The molecule has 0 aromatic rings. The zero-order valence-corrected chi connectivity index (χ0v) is 6.64. The standard InChI is InChI=1S/C9H9NO/c1-9(2)3-8(11)6-4-10-5-7(6)9/h4H,3H2,1-2H3. The molecule has 2 aliphatic rings. The molecule has 0 amide bonds. The van der Waals surface area contributed by atoms with Crippen LogP contribution in [0.15, 0.2) is 22.3 Å². The maximum absolute atomic E-state index is 11.3. The van der Waals surface area contributed by atoms with Crippen molar-refractivity contribution in [1.29, 1.82) is 0 Å². The summed E-state index contributed by atoms with van der Waals surface area (Å²) in [6, 6.07) is 0. The van der Waals surface area contributed by atoms with Gasteiger partial charge < -0.3 is 0 Å². The van der Waals surface area contributed by atoms with Gasteiger partial charge >= 0.3 is 0 Å². The minimum Gasteiger partial charge on any atom is -0.294 e. The van der Waals surface area contributed by atoms with E-state index in [1.165, 1.54) is 0 Å². The molecule has 0 radical (unpaired) electrons. The monoisotopic (exact) mass is 147 g/mol. The lowest BCUT2D eigenvalue weighted by atomic mass is 9.87. The summed E-state index contributed by atoms with van der Waals surface area (Å²) in [7, 11) is 0. The van der Waals surface area contributed by atoms with Crippen molar-refractivity contribution in [2.75, 3.05) is 0 Å². The lowest BCUT2D eigenvalue weighted by molar-refractivity contribution is -0.115. The normalized spacial score (nSPS) is 25.1. The van der Waals surface area contributed by atoms with E-state index >= 15 is 0 Å². The molecule has 0 aromatic carbocycles. The highest BCUT2D eigenvalue weighted by molar-refractivity contribution is 6.08. The highest BCUT2D eigenvalue weighted by Crippen LogP contribution is 2.43. The van der Waals surface area contributed by atoms with Gasteiger partial charge in [-0.15, -0.1) is 0 Å². The molecule has 2 nitrogen and oxygen atoms in total. The molecule has 0 aromatic heterocycles. The molecule has 0 saturated heterocycles. The van der Waals surface area contributed by atoms with Crippen molar-refractivity contribution in [2.45, 2.75) is 20.3 Å². The smallest absolute Gasteiger partial charge is 0.166 e. The molecule has 1 aliphatic heterocycles. The summed E-state index contributed by atoms with van der Waals surface area (Å²) in [6.45, 7) is 4.10. The molecule has 1 fully saturated rings. The SMILES string of the molecule is CC1(C)CC(=O)C2=CN=C=C21. The van der Waals surface area contributed by atoms with E-state index in [0.29, 0.717) is 6.42 Å². The fraction of sp³-hybridized carbons (Fsp3) is 0.444. The molecule has 0 spiro atoms. The van der Waals surface area contributed by atoms with Gasteiger partial charge in [-0.25, -0.2) is 4.99 Å². The van der Waals surface area contributed by atoms with E-state index in [0.717, 1.165) is 11.1 Å². The Morgan fingerprint density at radius 3 is 3.00 bits per heavy atom. The minimum atomic E-state index is -0.0388. The number of nitrogens with zero attached hydrogens (tertiary/aromatic N) is 1. The number of hydrogen-bond acceptors (Lipinski definition) is 2. The van der Waals surface area contributed by atoms with Gasteiger partial charge in [-0.3, -0.25) is 4.79 Å². The highest BCUT2D eigenvalue weighted by Gasteiger charge is 2.40. The van der Waals surface area contributed by atoms with Crippen molar-refractivity contribution in [2.24, 2.45) is 10.4 Å². The third kappa shape index (κ3) is 0.732. The zero-order valence-electron chi connectivity index (χ0n) is 6.64. The van der Waals surface area contributed by atoms with E-state index in [2.05, 4.69) is 24.7 Å². The van der Waals surface area contributed by atoms with Crippen LogP contribution in [0, 0.1) is 5.41 Å². The van der Waals surface area contributed by atoms with Gasteiger partial charge in [0.25, 0.3) is 0 Å². The van der Waals surface area contributed by atoms with Gasteiger partial charge in [0.1, 0.15) is 0 Å². The summed E-state index contributed by atoms with van der Waals surface area (Å²) >= 11 is 0. The van der Waals surface area contributed by atoms with Crippen molar-refractivity contribution in [3.8, 4) is 0 Å². The van der Waals surface area contributed by atoms with Gasteiger partial charge in [0.05, 0.1) is 0 Å². The van der Waals surface area contributed by atoms with E-state index in [4.69, 9.17) is 0 Å². The number of carbonyl (C=O) groups excluding carboxylic acids is 1. The number of fused-ring (bicyclic) bond motifs is 1. The van der Waals surface area contributed by atoms with Crippen LogP contribution in [-0.4, -0.2) is 11.7 Å². The van der Waals surface area contributed by atoms with Gasteiger partial charge in [0.15, 0.2) is 5.78 Å². The van der Waals surface area contributed by atoms with Gasteiger partial charge in [0.2, 0.25) is 0 Å². The number of aliphatic imine (C=N–C) groups is 1. The van der Waals surface area contributed by atoms with Crippen LogP contribution in [0.25, 0.3) is 0 Å². The average molecular weight is 147 g/mol. The molecule has 1 heterocycles. The Kier molecular flexibility index (Phi) is 1.02. The molecule has 2 heteroatoms. The van der Waals surface area contributed by atoms with Crippen LogP contribution < -0.4 is 0 Å². The van der Waals surface area contributed by atoms with Crippen molar-refractivity contribution >= 4 is 11.7 Å². The number of Topliss-reactive ketones (excluding diaryl/α,β-unsaturated/α-hetero) is 1. The van der Waals surface area contributed by atoms with Gasteiger partial charge in [-0.05, 0) is 5.87 Å². The first-order valence-corrected chi connectivity index (χ1v) is 3.68. The van der Waals surface area contributed by atoms with Crippen LogP contribution in [0.1, 0.15) is 20.3 Å². The fourth-order valence-corrected chi connectivity index (χ4v) is 1.60. The fourth-order valence-electron chi connectivity index (χ4n) is 1.60. The second-order valence-electron chi connectivity index (χ2n) is 3.64. The first-order chi connectivity index (χ1) is 5.11. The number of hydrogen-bond donors (Lipinski definition) is 0. The summed E-state index contributed by atoms with van der Waals surface area (Å²) in [5.41, 5.74) is 1.72. The number of carbonyl (C=O) groups is 1. The lowest BCUT2D eigenvalue weighted by Gasteiger charge is -2.14. The van der Waals surface area contributed by atoms with E-state index in [1.54, 1.807) is 6.20 Å². The minimum absolute atomic E-state index is 0.0388. The summed E-state index contributed by atoms with van der Waals surface area (Å²) in [6.07, 6.45) is 2.23. The second kappa shape index (κ2) is 1.72. The Hall–Kier alpha value is -1.14. The van der Waals surface area contributed by atoms with E-state index in [1.807, 2.05) is 0 Å². The Balaban J connectivity index is 2.59. The molecule has 2 rings (SSSR count). The van der Waals surface area contributed by atoms with Crippen LogP contribution in [0.3, 0.4) is 0 Å². The number of allylic oxidation sites excluding steroid dienone is 2. The third-order valence-corrected chi connectivity index (χ3v) is 2.22. The largest absolute Gasteiger partial charge is 0.294 e. The number of ketones is 1. The van der Waals surface area contributed by atoms with E-state index in [9.17, 15) is 4.79 Å². The van der Waals surface area contributed by atoms with Crippen molar-refractivity contribution in [1.82, 2.24) is 0 Å². The van der Waals surface area contributed by atoms with Crippen LogP contribution in [0.4, 0.5) is 0 Å². The Bertz CT molecular complexity index is 327. The third-order valence-electron chi connectivity index (χ3n) is 2.22. The van der Waals surface area contributed by atoms with E-state index < -0.39 is 0 Å². The Morgan fingerprint density at radius 2 is 2.36 bits per heavy atom. The summed E-state index contributed by atoms with van der Waals surface area (Å²) in [5.74, 6) is 3.07. The predicted molar refractivity (Wildman–Crippen MR) is 42.4 cm³/mol. The summed E-state index contributed by atoms with van der Waals surface area (Å²) in [5, 5.41) is 0. The van der Waals surface area contributed by atoms with Crippen LogP contribution in [-0.2, 0) is 4.79 Å². The molecular formula is C9H9NO. The zero-order chi connectivity index (χ0) is 8.06. The van der Waals surface area contributed by atoms with Crippen molar-refractivity contribution in [3.05, 3.63) is 17.3 Å². The lowest BCUT2D eigenvalue weighted by Crippen LogP contribution is -2.07. The average Bonchev–Trinajstić information content (AvgIpc) is 2.37. The highest BCUT2D eigenvalue weighted by atomic mass is 16.1. The van der Waals surface area contributed by atoms with Crippen LogP contribution in [0.2, 0.25) is 0 Å². The van der Waals surface area contributed by atoms with Gasteiger partial charge in [0, 0.05) is 29.2 Å². The van der Waals surface area contributed by atoms with Crippen molar-refractivity contribution in [3.63, 3.8) is 0 Å². The molecule has 1 aliphatic carbocycles. The molecule has 11 heavy (non-hydrogen) atoms. The quantitative estimate of drug-likeness (QED) is 0.510. The predicted octanol–water partition coefficient (Wildman–Crippen LogP) is 1.48. The maximum atomic E-state index is 11.3. The van der Waals surface area contributed by atoms with Gasteiger partial charge in [-0.2, -0.15) is 0 Å². The van der Waals surface area contributed by atoms with E-state index in [-0.39, 0.29) is 11.2 Å². The first-order valence-electron chi connectivity index (χ1n) is 3.68. The maximum Gasteiger partial charge on any atom is 0.166 e. The van der Waals surface area contributed by atoms with Crippen LogP contribution in [0.5, 0.6) is 0 Å².